The summed E-state index contributed by atoms with van der Waals surface area (Å²) in [7, 11) is 1.77. The third-order valence-electron chi connectivity index (χ3n) is 3.48. The maximum atomic E-state index is 12.8. The van der Waals surface area contributed by atoms with Gasteiger partial charge in [-0.05, 0) is 45.8 Å². The van der Waals surface area contributed by atoms with E-state index in [1.807, 2.05) is 18.2 Å². The molecular weight excluding hydrogens is 389 g/mol. The normalized spacial score (nSPS) is 11.6. The van der Waals surface area contributed by atoms with Crippen molar-refractivity contribution >= 4 is 33.4 Å². The monoisotopic (exact) mass is 408 g/mol. The Bertz CT molecular complexity index is 737. The molecule has 0 radical (unpaired) electrons. The fraction of sp³-hybridized carbons (Fsp3) is 0.222. The number of quaternary nitrogens is 1. The number of para-hydroxylation sites is 1. The highest BCUT2D eigenvalue weighted by Crippen LogP contribution is 2.20. The first-order valence-electron chi connectivity index (χ1n) is 7.81. The van der Waals surface area contributed by atoms with Crippen molar-refractivity contribution in [1.29, 1.82) is 0 Å². The lowest BCUT2D eigenvalue weighted by Crippen LogP contribution is -3.11. The van der Waals surface area contributed by atoms with Gasteiger partial charge in [0.25, 0.3) is 11.8 Å². The quantitative estimate of drug-likeness (QED) is 0.647. The van der Waals surface area contributed by atoms with Crippen LogP contribution >= 0.6 is 15.9 Å². The molecule has 2 rings (SSSR count). The van der Waals surface area contributed by atoms with Gasteiger partial charge in [0.15, 0.2) is 13.1 Å². The molecule has 0 saturated heterocycles. The summed E-state index contributed by atoms with van der Waals surface area (Å²) in [5, 5.41) is 5.56. The standard InChI is InChI=1S/C18H19BrFN3O2/c1-23(12-18(25)22-16-5-3-2-4-15(16)19)11-17(24)21-10-13-6-8-14(20)9-7-13/h2-9H,10-12H2,1H3,(H,21,24)(H,22,25)/p+1. The third-order valence-corrected chi connectivity index (χ3v) is 4.17. The van der Waals surface area contributed by atoms with Crippen LogP contribution in [0.4, 0.5) is 10.1 Å². The topological polar surface area (TPSA) is 62.6 Å². The molecule has 0 aliphatic heterocycles. The van der Waals surface area contributed by atoms with Crippen LogP contribution in [0, 0.1) is 5.82 Å². The number of nitrogens with one attached hydrogen (secondary N) is 3. The zero-order valence-corrected chi connectivity index (χ0v) is 15.4. The van der Waals surface area contributed by atoms with E-state index in [0.29, 0.717) is 12.2 Å². The molecule has 1 unspecified atom stereocenters. The molecule has 3 N–H and O–H groups in total. The third kappa shape index (κ3) is 6.64. The van der Waals surface area contributed by atoms with Gasteiger partial charge in [0.05, 0.1) is 12.7 Å². The van der Waals surface area contributed by atoms with Crippen molar-refractivity contribution in [2.75, 3.05) is 25.5 Å². The molecule has 0 bridgehead atoms. The van der Waals surface area contributed by atoms with Gasteiger partial charge < -0.3 is 15.5 Å². The molecule has 0 heterocycles. The van der Waals surface area contributed by atoms with Crippen molar-refractivity contribution < 1.29 is 18.9 Å². The summed E-state index contributed by atoms with van der Waals surface area (Å²) in [5.41, 5.74) is 1.51. The second-order valence-electron chi connectivity index (χ2n) is 5.74. The Kier molecular flexibility index (Phi) is 7.09. The number of amides is 2. The molecule has 25 heavy (non-hydrogen) atoms. The van der Waals surface area contributed by atoms with Gasteiger partial charge in [0, 0.05) is 11.0 Å². The summed E-state index contributed by atoms with van der Waals surface area (Å²) in [4.78, 5) is 24.8. The number of hydrogen-bond donors (Lipinski definition) is 3. The predicted octanol–water partition coefficient (Wildman–Crippen LogP) is 1.36. The van der Waals surface area contributed by atoms with Crippen molar-refractivity contribution in [2.24, 2.45) is 0 Å². The van der Waals surface area contributed by atoms with Crippen LogP contribution in [0.5, 0.6) is 0 Å². The maximum Gasteiger partial charge on any atom is 0.279 e. The van der Waals surface area contributed by atoms with E-state index in [-0.39, 0.29) is 30.7 Å². The summed E-state index contributed by atoms with van der Waals surface area (Å²) in [6.07, 6.45) is 0. The zero-order chi connectivity index (χ0) is 18.2. The molecule has 2 aromatic rings. The van der Waals surface area contributed by atoms with E-state index in [0.717, 1.165) is 14.9 Å². The molecular formula is C18H20BrFN3O2+. The molecule has 7 heteroatoms. The smallest absolute Gasteiger partial charge is 0.279 e. The highest BCUT2D eigenvalue weighted by molar-refractivity contribution is 9.10. The van der Waals surface area contributed by atoms with Crippen LogP contribution in [0.25, 0.3) is 0 Å². The second-order valence-corrected chi connectivity index (χ2v) is 6.60. The molecule has 0 fully saturated rings. The van der Waals surface area contributed by atoms with Crippen molar-refractivity contribution in [3.63, 3.8) is 0 Å². The van der Waals surface area contributed by atoms with Crippen molar-refractivity contribution in [3.05, 3.63) is 64.4 Å². The summed E-state index contributed by atoms with van der Waals surface area (Å²) in [6.45, 7) is 0.672. The Morgan fingerprint density at radius 3 is 2.36 bits per heavy atom. The fourth-order valence-electron chi connectivity index (χ4n) is 2.23. The minimum atomic E-state index is -0.310. The van der Waals surface area contributed by atoms with Crippen LogP contribution in [0.15, 0.2) is 53.0 Å². The molecule has 1 atom stereocenters. The molecule has 2 amide bonds. The summed E-state index contributed by atoms with van der Waals surface area (Å²) >= 11 is 3.37. The Hall–Kier alpha value is -2.25. The first-order chi connectivity index (χ1) is 11.9. The second kappa shape index (κ2) is 9.29. The van der Waals surface area contributed by atoms with E-state index in [4.69, 9.17) is 0 Å². The number of halogens is 2. The summed E-state index contributed by atoms with van der Waals surface area (Å²) in [6, 6.07) is 13.3. The molecule has 0 aromatic heterocycles. The van der Waals surface area contributed by atoms with Gasteiger partial charge in [-0.1, -0.05) is 24.3 Å². The van der Waals surface area contributed by atoms with Gasteiger partial charge in [-0.3, -0.25) is 9.59 Å². The Balaban J connectivity index is 1.74. The van der Waals surface area contributed by atoms with Gasteiger partial charge in [-0.25, -0.2) is 4.39 Å². The van der Waals surface area contributed by atoms with E-state index in [9.17, 15) is 14.0 Å². The number of carbonyl (C=O) groups is 2. The number of benzene rings is 2. The number of anilines is 1. The van der Waals surface area contributed by atoms with Crippen LogP contribution in [0.1, 0.15) is 5.56 Å². The van der Waals surface area contributed by atoms with Gasteiger partial charge in [0.2, 0.25) is 0 Å². The van der Waals surface area contributed by atoms with Crippen LogP contribution in [0.2, 0.25) is 0 Å². The van der Waals surface area contributed by atoms with E-state index in [2.05, 4.69) is 26.6 Å². The Morgan fingerprint density at radius 2 is 1.68 bits per heavy atom. The lowest BCUT2D eigenvalue weighted by molar-refractivity contribution is -0.862. The van der Waals surface area contributed by atoms with Crippen LogP contribution in [-0.2, 0) is 16.1 Å². The Labute approximate surface area is 154 Å². The SMILES string of the molecule is C[NH+](CC(=O)NCc1ccc(F)cc1)CC(=O)Nc1ccccc1Br. The van der Waals surface area contributed by atoms with Gasteiger partial charge >= 0.3 is 0 Å². The Morgan fingerprint density at radius 1 is 1.04 bits per heavy atom. The number of likely N-dealkylation sites (N-methyl/N-ethyl adjacent to an activating group) is 1. The number of carbonyl (C=O) groups excluding carboxylic acids is 2. The molecule has 0 aliphatic carbocycles. The largest absolute Gasteiger partial charge is 0.347 e. The molecule has 2 aromatic carbocycles. The molecule has 132 valence electrons. The van der Waals surface area contributed by atoms with Gasteiger partial charge in [-0.15, -0.1) is 0 Å². The van der Waals surface area contributed by atoms with Gasteiger partial charge in [-0.2, -0.15) is 0 Å². The van der Waals surface area contributed by atoms with Crippen LogP contribution in [-0.4, -0.2) is 32.0 Å². The lowest BCUT2D eigenvalue weighted by atomic mass is 10.2. The highest BCUT2D eigenvalue weighted by atomic mass is 79.9. The summed E-state index contributed by atoms with van der Waals surface area (Å²) in [5.74, 6) is -0.651. The first-order valence-corrected chi connectivity index (χ1v) is 8.60. The minimum absolute atomic E-state index is 0.171. The molecule has 5 nitrogen and oxygen atoms in total. The van der Waals surface area contributed by atoms with E-state index < -0.39 is 0 Å². The molecule has 0 aliphatic rings. The minimum Gasteiger partial charge on any atom is -0.347 e. The van der Waals surface area contributed by atoms with Crippen molar-refractivity contribution in [3.8, 4) is 0 Å². The summed E-state index contributed by atoms with van der Waals surface area (Å²) < 4.78 is 13.6. The highest BCUT2D eigenvalue weighted by Gasteiger charge is 2.14. The van der Waals surface area contributed by atoms with E-state index in [1.54, 1.807) is 25.2 Å². The van der Waals surface area contributed by atoms with Crippen molar-refractivity contribution in [2.45, 2.75) is 6.54 Å². The van der Waals surface area contributed by atoms with Crippen LogP contribution in [0.3, 0.4) is 0 Å². The first kappa shape index (κ1) is 19.1. The fourth-order valence-corrected chi connectivity index (χ4v) is 2.62. The van der Waals surface area contributed by atoms with E-state index >= 15 is 0 Å². The zero-order valence-electron chi connectivity index (χ0n) is 13.8. The maximum absolute atomic E-state index is 12.8. The van der Waals surface area contributed by atoms with Crippen LogP contribution < -0.4 is 15.5 Å². The predicted molar refractivity (Wildman–Crippen MR) is 97.6 cm³/mol. The number of hydrogen-bond acceptors (Lipinski definition) is 2. The molecule has 0 spiro atoms. The number of rotatable bonds is 7. The lowest BCUT2D eigenvalue weighted by Gasteiger charge is -2.14. The van der Waals surface area contributed by atoms with Gasteiger partial charge in [0.1, 0.15) is 5.82 Å². The average Bonchev–Trinajstić information content (AvgIpc) is 2.56. The molecule has 0 saturated carbocycles. The van der Waals surface area contributed by atoms with E-state index in [1.165, 1.54) is 12.1 Å². The average molecular weight is 409 g/mol. The van der Waals surface area contributed by atoms with Crippen molar-refractivity contribution in [1.82, 2.24) is 5.32 Å².